The number of benzene rings is 2. The quantitative estimate of drug-likeness (QED) is 0.782. The minimum absolute atomic E-state index is 0.384. The number of nitrogens with zero attached hydrogens (tertiary/aromatic N) is 3. The molecule has 0 atom stereocenters. The molecular formula is C15H12N4O. The van der Waals surface area contributed by atoms with Crippen LogP contribution in [0.25, 0.3) is 0 Å². The van der Waals surface area contributed by atoms with Crippen molar-refractivity contribution < 1.29 is 4.74 Å². The van der Waals surface area contributed by atoms with Crippen LogP contribution in [0.4, 0.5) is 11.4 Å². The van der Waals surface area contributed by atoms with E-state index in [-0.39, 0.29) is 0 Å². The molecule has 20 heavy (non-hydrogen) atoms. The van der Waals surface area contributed by atoms with Crippen LogP contribution in [-0.2, 0) is 0 Å². The zero-order valence-corrected chi connectivity index (χ0v) is 10.6. The smallest absolute Gasteiger partial charge is 0.266 e. The number of hydrogen-bond donors (Lipinski definition) is 1. The van der Waals surface area contributed by atoms with Crippen molar-refractivity contribution >= 4 is 11.4 Å². The summed E-state index contributed by atoms with van der Waals surface area (Å²) in [5.41, 5.74) is 1.59. The highest BCUT2D eigenvalue weighted by Gasteiger charge is 2.07. The fraction of sp³-hybridized carbons (Fsp3) is 0. The van der Waals surface area contributed by atoms with Gasteiger partial charge in [-0.25, -0.2) is 0 Å². The number of ether oxygens (including phenoxy) is 1. The minimum atomic E-state index is 0.384. The summed E-state index contributed by atoms with van der Waals surface area (Å²) in [4.78, 5) is 0. The number of nitrogens with one attached hydrogen (secondary N) is 1. The van der Waals surface area contributed by atoms with E-state index in [0.29, 0.717) is 17.3 Å². The first kappa shape index (κ1) is 12.1. The van der Waals surface area contributed by atoms with Gasteiger partial charge in [0.15, 0.2) is 0 Å². The molecule has 3 aromatic rings. The summed E-state index contributed by atoms with van der Waals surface area (Å²) in [6, 6.07) is 19.2. The van der Waals surface area contributed by atoms with Gasteiger partial charge in [-0.15, -0.1) is 5.10 Å². The van der Waals surface area contributed by atoms with Gasteiger partial charge in [0.1, 0.15) is 11.4 Å². The second kappa shape index (κ2) is 5.79. The van der Waals surface area contributed by atoms with Crippen LogP contribution in [0.5, 0.6) is 11.6 Å². The van der Waals surface area contributed by atoms with E-state index in [1.54, 1.807) is 6.20 Å². The second-order valence-electron chi connectivity index (χ2n) is 4.06. The van der Waals surface area contributed by atoms with E-state index in [1.165, 1.54) is 0 Å². The SMILES string of the molecule is c1ccc(Nc2cnnnc2Oc2ccccc2)cc1. The van der Waals surface area contributed by atoms with Gasteiger partial charge in [-0.05, 0) is 29.5 Å². The Labute approximate surface area is 116 Å². The Morgan fingerprint density at radius 3 is 2.30 bits per heavy atom. The Balaban J connectivity index is 1.85. The summed E-state index contributed by atoms with van der Waals surface area (Å²) >= 11 is 0. The standard InChI is InChI=1S/C15H12N4O/c1-3-7-12(8-4-1)17-14-11-16-19-18-15(14)20-13-9-5-2-6-10-13/h1-11H,(H,17,19). The first-order valence-corrected chi connectivity index (χ1v) is 6.15. The molecule has 0 bridgehead atoms. The number of aromatic nitrogens is 3. The number of anilines is 2. The molecule has 0 spiro atoms. The number of rotatable bonds is 4. The summed E-state index contributed by atoms with van der Waals surface area (Å²) in [5.74, 6) is 1.08. The Morgan fingerprint density at radius 1 is 0.850 bits per heavy atom. The third-order valence-corrected chi connectivity index (χ3v) is 2.61. The molecule has 0 saturated heterocycles. The number of para-hydroxylation sites is 2. The summed E-state index contributed by atoms with van der Waals surface area (Å²) in [5, 5.41) is 14.5. The zero-order chi connectivity index (χ0) is 13.6. The van der Waals surface area contributed by atoms with Gasteiger partial charge in [-0.1, -0.05) is 41.5 Å². The molecule has 1 heterocycles. The first-order valence-electron chi connectivity index (χ1n) is 6.15. The molecule has 5 nitrogen and oxygen atoms in total. The van der Waals surface area contributed by atoms with Crippen molar-refractivity contribution in [2.45, 2.75) is 0 Å². The Hall–Kier alpha value is -2.95. The lowest BCUT2D eigenvalue weighted by molar-refractivity contribution is 0.453. The predicted octanol–water partition coefficient (Wildman–Crippen LogP) is 3.41. The molecule has 0 unspecified atom stereocenters. The summed E-state index contributed by atoms with van der Waals surface area (Å²) in [6.45, 7) is 0. The molecule has 98 valence electrons. The molecule has 0 aliphatic carbocycles. The third kappa shape index (κ3) is 2.89. The molecule has 2 aromatic carbocycles. The molecule has 1 aromatic heterocycles. The molecule has 0 amide bonds. The Kier molecular flexibility index (Phi) is 3.51. The molecule has 5 heteroatoms. The van der Waals surface area contributed by atoms with Crippen molar-refractivity contribution in [2.75, 3.05) is 5.32 Å². The highest BCUT2D eigenvalue weighted by molar-refractivity contribution is 5.63. The molecule has 0 fully saturated rings. The van der Waals surface area contributed by atoms with Crippen LogP contribution < -0.4 is 10.1 Å². The maximum Gasteiger partial charge on any atom is 0.266 e. The van der Waals surface area contributed by atoms with Crippen LogP contribution in [0.15, 0.2) is 66.9 Å². The van der Waals surface area contributed by atoms with Crippen LogP contribution >= 0.6 is 0 Å². The van der Waals surface area contributed by atoms with E-state index in [1.807, 2.05) is 60.7 Å². The van der Waals surface area contributed by atoms with Gasteiger partial charge in [0.2, 0.25) is 0 Å². The number of hydrogen-bond acceptors (Lipinski definition) is 5. The molecule has 3 rings (SSSR count). The maximum atomic E-state index is 5.71. The van der Waals surface area contributed by atoms with Gasteiger partial charge in [0.05, 0.1) is 6.20 Å². The summed E-state index contributed by atoms with van der Waals surface area (Å²) in [7, 11) is 0. The van der Waals surface area contributed by atoms with E-state index in [4.69, 9.17) is 4.74 Å². The monoisotopic (exact) mass is 264 g/mol. The van der Waals surface area contributed by atoms with E-state index < -0.39 is 0 Å². The van der Waals surface area contributed by atoms with Crippen molar-refractivity contribution in [1.29, 1.82) is 0 Å². The van der Waals surface area contributed by atoms with E-state index in [0.717, 1.165) is 5.69 Å². The molecule has 0 aliphatic heterocycles. The lowest BCUT2D eigenvalue weighted by Gasteiger charge is -2.10. The Bertz CT molecular complexity index is 613. The second-order valence-corrected chi connectivity index (χ2v) is 4.06. The van der Waals surface area contributed by atoms with E-state index in [9.17, 15) is 0 Å². The minimum Gasteiger partial charge on any atom is -0.436 e. The highest BCUT2D eigenvalue weighted by atomic mass is 16.5. The van der Waals surface area contributed by atoms with Gasteiger partial charge >= 0.3 is 0 Å². The molecular weight excluding hydrogens is 252 g/mol. The fourth-order valence-corrected chi connectivity index (χ4v) is 1.70. The van der Waals surface area contributed by atoms with Crippen molar-refractivity contribution in [3.63, 3.8) is 0 Å². The topological polar surface area (TPSA) is 59.9 Å². The van der Waals surface area contributed by atoms with Crippen LogP contribution in [0.3, 0.4) is 0 Å². The van der Waals surface area contributed by atoms with Crippen molar-refractivity contribution in [3.8, 4) is 11.6 Å². The lowest BCUT2D eigenvalue weighted by Crippen LogP contribution is -1.99. The van der Waals surface area contributed by atoms with Gasteiger partial charge in [-0.2, -0.15) is 0 Å². The van der Waals surface area contributed by atoms with Crippen LogP contribution in [0, 0.1) is 0 Å². The fourth-order valence-electron chi connectivity index (χ4n) is 1.70. The normalized spacial score (nSPS) is 10.0. The highest BCUT2D eigenvalue weighted by Crippen LogP contribution is 2.27. The van der Waals surface area contributed by atoms with Gasteiger partial charge in [0.25, 0.3) is 5.88 Å². The van der Waals surface area contributed by atoms with Crippen LogP contribution in [0.1, 0.15) is 0 Å². The third-order valence-electron chi connectivity index (χ3n) is 2.61. The van der Waals surface area contributed by atoms with Crippen molar-refractivity contribution in [2.24, 2.45) is 0 Å². The maximum absolute atomic E-state index is 5.71. The van der Waals surface area contributed by atoms with Gasteiger partial charge < -0.3 is 10.1 Å². The summed E-state index contributed by atoms with van der Waals surface area (Å²) in [6.07, 6.45) is 1.58. The van der Waals surface area contributed by atoms with Crippen LogP contribution in [-0.4, -0.2) is 15.4 Å². The molecule has 0 saturated carbocycles. The largest absolute Gasteiger partial charge is 0.436 e. The van der Waals surface area contributed by atoms with Crippen molar-refractivity contribution in [1.82, 2.24) is 15.4 Å². The molecule has 1 N–H and O–H groups in total. The Morgan fingerprint density at radius 2 is 1.55 bits per heavy atom. The molecule has 0 radical (unpaired) electrons. The van der Waals surface area contributed by atoms with Gasteiger partial charge in [0, 0.05) is 5.69 Å². The molecule has 0 aliphatic rings. The lowest BCUT2D eigenvalue weighted by atomic mass is 10.3. The van der Waals surface area contributed by atoms with E-state index in [2.05, 4.69) is 20.7 Å². The van der Waals surface area contributed by atoms with Crippen LogP contribution in [0.2, 0.25) is 0 Å². The zero-order valence-electron chi connectivity index (χ0n) is 10.6. The van der Waals surface area contributed by atoms with E-state index >= 15 is 0 Å². The summed E-state index contributed by atoms with van der Waals surface area (Å²) < 4.78 is 5.71. The first-order chi connectivity index (χ1) is 9.92. The average Bonchev–Trinajstić information content (AvgIpc) is 2.51. The predicted molar refractivity (Wildman–Crippen MR) is 76.1 cm³/mol. The average molecular weight is 264 g/mol. The van der Waals surface area contributed by atoms with Crippen molar-refractivity contribution in [3.05, 3.63) is 66.9 Å². The van der Waals surface area contributed by atoms with Gasteiger partial charge in [-0.3, -0.25) is 0 Å².